The summed E-state index contributed by atoms with van der Waals surface area (Å²) in [5.41, 5.74) is 9.07. The number of aliphatic carboxylic acids is 1. The van der Waals surface area contributed by atoms with Crippen LogP contribution in [0.3, 0.4) is 0 Å². The van der Waals surface area contributed by atoms with Crippen molar-refractivity contribution in [3.05, 3.63) is 0 Å². The van der Waals surface area contributed by atoms with Gasteiger partial charge in [-0.2, -0.15) is 0 Å². The van der Waals surface area contributed by atoms with Gasteiger partial charge in [-0.05, 0) is 14.0 Å². The van der Waals surface area contributed by atoms with E-state index in [4.69, 9.17) is 15.1 Å². The highest BCUT2D eigenvalue weighted by molar-refractivity contribution is 7.47. The van der Waals surface area contributed by atoms with Crippen LogP contribution in [0.2, 0.25) is 0 Å². The molecule has 166 valence electrons. The van der Waals surface area contributed by atoms with Crippen molar-refractivity contribution in [2.24, 2.45) is 17.4 Å². The van der Waals surface area contributed by atoms with Crippen LogP contribution < -0.4 is 11.5 Å². The molecular formula is C15H49N2O7P. The van der Waals surface area contributed by atoms with Gasteiger partial charge in [0.2, 0.25) is 0 Å². The lowest BCUT2D eigenvalue weighted by Crippen LogP contribution is -2.10. The molecule has 9 nitrogen and oxygen atoms in total. The van der Waals surface area contributed by atoms with Gasteiger partial charge in [0.25, 0.3) is 0 Å². The van der Waals surface area contributed by atoms with Gasteiger partial charge in [0.05, 0.1) is 19.8 Å². The van der Waals surface area contributed by atoms with Crippen molar-refractivity contribution in [2.45, 2.75) is 58.4 Å². The third-order valence-electron chi connectivity index (χ3n) is 1.30. The zero-order chi connectivity index (χ0) is 15.9. The van der Waals surface area contributed by atoms with Crippen LogP contribution >= 0.6 is 7.82 Å². The summed E-state index contributed by atoms with van der Waals surface area (Å²) in [6.07, 6.45) is 0. The van der Waals surface area contributed by atoms with Gasteiger partial charge in [0.15, 0.2) is 0 Å². The average Bonchev–Trinajstić information content (AvgIpc) is 2.39. The molecule has 0 aromatic carbocycles. The Kier molecular flexibility index (Phi) is 87.5. The van der Waals surface area contributed by atoms with E-state index in [-0.39, 0.29) is 76.8 Å². The average molecular weight is 401 g/mol. The number of hydrogen-bond acceptors (Lipinski definition) is 7. The number of rotatable bonds is 7. The van der Waals surface area contributed by atoms with Gasteiger partial charge in [-0.15, -0.1) is 0 Å². The molecule has 0 spiro atoms. The maximum atomic E-state index is 10.9. The Morgan fingerprint density at radius 2 is 1.40 bits per heavy atom. The molecule has 0 aromatic rings. The molecule has 0 heterocycles. The molecule has 7 N–H and O–H groups in total. The summed E-state index contributed by atoms with van der Waals surface area (Å²) < 4.78 is 19.8. The number of carboxylic acid groups (broad SMARTS) is 1. The molecule has 2 atom stereocenters. The van der Waals surface area contributed by atoms with E-state index in [9.17, 15) is 9.36 Å². The molecule has 0 fully saturated rings. The van der Waals surface area contributed by atoms with Gasteiger partial charge < -0.3 is 26.6 Å². The first-order valence-electron chi connectivity index (χ1n) is 5.51. The third kappa shape index (κ3) is 59.6. The summed E-state index contributed by atoms with van der Waals surface area (Å²) in [6, 6.07) is 0. The normalized spacial score (nSPS) is 10.7. The minimum atomic E-state index is -3.87. The Morgan fingerprint density at radius 1 is 1.08 bits per heavy atom. The van der Waals surface area contributed by atoms with Crippen molar-refractivity contribution < 1.29 is 33.5 Å². The molecule has 0 aliphatic carbocycles. The predicted molar refractivity (Wildman–Crippen MR) is 111 cm³/mol. The van der Waals surface area contributed by atoms with Crippen molar-refractivity contribution in [3.63, 3.8) is 0 Å². The minimum absolute atomic E-state index is 0. The molecule has 0 amide bonds. The number of carboxylic acids is 1. The lowest BCUT2D eigenvalue weighted by atomic mass is 10.2. The largest absolute Gasteiger partial charge is 0.480 e. The smallest absolute Gasteiger partial charge is 0.472 e. The first-order valence-corrected chi connectivity index (χ1v) is 7.00. The number of phosphoric acid groups is 1. The van der Waals surface area contributed by atoms with E-state index in [0.29, 0.717) is 0 Å². The standard InChI is InChI=1S/C6H15O5P.C2H5NO2.CH5N.6CH4/c1-3-10-12(8,9)11-5-6(2)4-7;3-1-2(4)5;1-2;;;;;;/h6-7H,3-5H2,1-2H3,(H,8,9);1,3H2,(H,4,5);2H2,1H3;6*1H4/t6-;;;;;;;;/m0......../s1. The first kappa shape index (κ1) is 56.3. The summed E-state index contributed by atoms with van der Waals surface area (Å²) in [6.45, 7) is 3.09. The Balaban J connectivity index is -0.0000000249. The predicted octanol–water partition coefficient (Wildman–Crippen LogP) is 3.19. The fourth-order valence-corrected chi connectivity index (χ4v) is 1.32. The summed E-state index contributed by atoms with van der Waals surface area (Å²) in [7, 11) is -2.37. The SMILES string of the molecule is C.C.C.C.C.C.CCOP(=O)(O)OC[C@@H](C)CO.CN.NCC(=O)O. The quantitative estimate of drug-likeness (QED) is 0.403. The van der Waals surface area contributed by atoms with E-state index < -0.39 is 13.8 Å². The molecule has 0 saturated carbocycles. The summed E-state index contributed by atoms with van der Waals surface area (Å²) in [5.74, 6) is -1.13. The minimum Gasteiger partial charge on any atom is -0.480 e. The monoisotopic (exact) mass is 400 g/mol. The molecule has 10 heteroatoms. The third-order valence-corrected chi connectivity index (χ3v) is 2.36. The number of aliphatic hydroxyl groups excluding tert-OH is 1. The van der Waals surface area contributed by atoms with Crippen LogP contribution in [0.5, 0.6) is 0 Å². The van der Waals surface area contributed by atoms with E-state index in [1.165, 1.54) is 7.05 Å². The van der Waals surface area contributed by atoms with Gasteiger partial charge in [-0.1, -0.05) is 51.5 Å². The van der Waals surface area contributed by atoms with Crippen LogP contribution in [0, 0.1) is 5.92 Å². The zero-order valence-corrected chi connectivity index (χ0v) is 12.4. The number of nitrogens with two attached hydrogens (primary N) is 2. The van der Waals surface area contributed by atoms with Crippen LogP contribution in [0.4, 0.5) is 0 Å². The van der Waals surface area contributed by atoms with Gasteiger partial charge in [-0.25, -0.2) is 4.57 Å². The first-order chi connectivity index (χ1) is 8.79. The zero-order valence-electron chi connectivity index (χ0n) is 11.5. The lowest BCUT2D eigenvalue weighted by molar-refractivity contribution is -0.135. The molecule has 0 bridgehead atoms. The number of aliphatic hydroxyl groups is 1. The summed E-state index contributed by atoms with van der Waals surface area (Å²) in [4.78, 5) is 18.1. The van der Waals surface area contributed by atoms with Crippen molar-refractivity contribution >= 4 is 13.8 Å². The van der Waals surface area contributed by atoms with Crippen LogP contribution in [0.1, 0.15) is 58.4 Å². The Hall–Kier alpha value is -0.540. The number of phosphoric ester groups is 1. The van der Waals surface area contributed by atoms with E-state index >= 15 is 0 Å². The molecule has 0 radical (unpaired) electrons. The Bertz CT molecular complexity index is 258. The van der Waals surface area contributed by atoms with Gasteiger partial charge in [-0.3, -0.25) is 13.8 Å². The van der Waals surface area contributed by atoms with Crippen molar-refractivity contribution in [1.29, 1.82) is 0 Å². The Labute approximate surface area is 157 Å². The van der Waals surface area contributed by atoms with Crippen molar-refractivity contribution in [3.8, 4) is 0 Å². The van der Waals surface area contributed by atoms with E-state index in [1.807, 2.05) is 0 Å². The summed E-state index contributed by atoms with van der Waals surface area (Å²) in [5, 5.41) is 16.2. The molecular weight excluding hydrogens is 351 g/mol. The molecule has 0 aliphatic heterocycles. The van der Waals surface area contributed by atoms with Gasteiger partial charge in [0, 0.05) is 12.5 Å². The molecule has 0 saturated heterocycles. The molecule has 25 heavy (non-hydrogen) atoms. The maximum Gasteiger partial charge on any atom is 0.472 e. The molecule has 1 unspecified atom stereocenters. The highest BCUT2D eigenvalue weighted by atomic mass is 31.2. The maximum absolute atomic E-state index is 10.9. The van der Waals surface area contributed by atoms with E-state index in [2.05, 4.69) is 20.5 Å². The molecule has 0 rings (SSSR count). The fourth-order valence-electron chi connectivity index (χ4n) is 0.475. The second kappa shape index (κ2) is 38.8. The fraction of sp³-hybridized carbons (Fsp3) is 0.933. The second-order valence-corrected chi connectivity index (χ2v) is 4.52. The van der Waals surface area contributed by atoms with Crippen LogP contribution in [-0.4, -0.2) is 54.5 Å². The molecule has 0 aromatic heterocycles. The van der Waals surface area contributed by atoms with Crippen LogP contribution in [0.25, 0.3) is 0 Å². The van der Waals surface area contributed by atoms with E-state index in [0.717, 1.165) is 0 Å². The molecule has 0 aliphatic rings. The second-order valence-electron chi connectivity index (χ2n) is 3.07. The summed E-state index contributed by atoms with van der Waals surface area (Å²) >= 11 is 0. The van der Waals surface area contributed by atoms with Crippen LogP contribution in [0.15, 0.2) is 0 Å². The highest BCUT2D eigenvalue weighted by Crippen LogP contribution is 2.43. The number of hydrogen-bond donors (Lipinski definition) is 5. The van der Waals surface area contributed by atoms with Gasteiger partial charge in [0.1, 0.15) is 0 Å². The Morgan fingerprint density at radius 3 is 1.60 bits per heavy atom. The highest BCUT2D eigenvalue weighted by Gasteiger charge is 2.20. The lowest BCUT2D eigenvalue weighted by Gasteiger charge is -2.13. The number of carbonyl (C=O) groups is 1. The van der Waals surface area contributed by atoms with Crippen molar-refractivity contribution in [1.82, 2.24) is 0 Å². The van der Waals surface area contributed by atoms with Crippen LogP contribution in [-0.2, 0) is 18.4 Å². The van der Waals surface area contributed by atoms with Gasteiger partial charge >= 0.3 is 13.8 Å². The topological polar surface area (TPSA) is 165 Å². The van der Waals surface area contributed by atoms with Crippen molar-refractivity contribution in [2.75, 3.05) is 33.4 Å². The van der Waals surface area contributed by atoms with E-state index in [1.54, 1.807) is 13.8 Å².